The molecule has 2 aliphatic rings. The summed E-state index contributed by atoms with van der Waals surface area (Å²) in [5.41, 5.74) is 0. The standard InChI is InChI=1S/C12H24N2/c1-3-12-7-10(2)8-14(12)9-11-5-4-6-13-11/h10-13H,3-9H2,1-2H3/t10?,11-,12?/m0/s1. The number of nitrogens with one attached hydrogen (secondary N) is 1. The lowest BCUT2D eigenvalue weighted by molar-refractivity contribution is 0.224. The molecular formula is C12H24N2. The van der Waals surface area contributed by atoms with Crippen molar-refractivity contribution < 1.29 is 0 Å². The topological polar surface area (TPSA) is 15.3 Å². The van der Waals surface area contributed by atoms with Gasteiger partial charge in [0.1, 0.15) is 0 Å². The Morgan fingerprint density at radius 2 is 2.29 bits per heavy atom. The van der Waals surface area contributed by atoms with Crippen molar-refractivity contribution in [1.82, 2.24) is 10.2 Å². The van der Waals surface area contributed by atoms with Gasteiger partial charge in [-0.3, -0.25) is 4.90 Å². The van der Waals surface area contributed by atoms with E-state index in [0.717, 1.165) is 18.0 Å². The summed E-state index contributed by atoms with van der Waals surface area (Å²) in [6.45, 7) is 8.59. The van der Waals surface area contributed by atoms with Crippen molar-refractivity contribution in [2.75, 3.05) is 19.6 Å². The number of hydrogen-bond donors (Lipinski definition) is 1. The fourth-order valence-corrected chi connectivity index (χ4v) is 3.08. The van der Waals surface area contributed by atoms with E-state index >= 15 is 0 Å². The molecule has 0 aromatic rings. The fourth-order valence-electron chi connectivity index (χ4n) is 3.08. The Morgan fingerprint density at radius 3 is 2.93 bits per heavy atom. The highest BCUT2D eigenvalue weighted by molar-refractivity contribution is 4.87. The number of likely N-dealkylation sites (tertiary alicyclic amines) is 1. The van der Waals surface area contributed by atoms with Crippen molar-refractivity contribution in [2.24, 2.45) is 5.92 Å². The van der Waals surface area contributed by atoms with Crippen molar-refractivity contribution in [2.45, 2.75) is 51.6 Å². The second-order valence-corrected chi connectivity index (χ2v) is 5.15. The van der Waals surface area contributed by atoms with Crippen molar-refractivity contribution in [3.8, 4) is 0 Å². The second kappa shape index (κ2) is 4.63. The quantitative estimate of drug-likeness (QED) is 0.741. The van der Waals surface area contributed by atoms with E-state index in [0.29, 0.717) is 0 Å². The van der Waals surface area contributed by atoms with Crippen molar-refractivity contribution in [3.63, 3.8) is 0 Å². The summed E-state index contributed by atoms with van der Waals surface area (Å²) < 4.78 is 0. The van der Waals surface area contributed by atoms with Crippen LogP contribution in [0.2, 0.25) is 0 Å². The Hall–Kier alpha value is -0.0800. The van der Waals surface area contributed by atoms with Gasteiger partial charge in [0.2, 0.25) is 0 Å². The minimum atomic E-state index is 0.786. The van der Waals surface area contributed by atoms with Crippen LogP contribution in [0, 0.1) is 5.92 Å². The van der Waals surface area contributed by atoms with E-state index < -0.39 is 0 Å². The molecule has 2 heteroatoms. The van der Waals surface area contributed by atoms with E-state index in [9.17, 15) is 0 Å². The zero-order chi connectivity index (χ0) is 9.97. The maximum atomic E-state index is 3.60. The van der Waals surface area contributed by atoms with Crippen LogP contribution in [0.4, 0.5) is 0 Å². The van der Waals surface area contributed by atoms with Gasteiger partial charge in [-0.05, 0) is 38.1 Å². The van der Waals surface area contributed by atoms with Crippen LogP contribution in [0.25, 0.3) is 0 Å². The van der Waals surface area contributed by atoms with Crippen molar-refractivity contribution in [3.05, 3.63) is 0 Å². The van der Waals surface area contributed by atoms with E-state index in [-0.39, 0.29) is 0 Å². The number of nitrogens with zero attached hydrogens (tertiary/aromatic N) is 1. The summed E-state index contributed by atoms with van der Waals surface area (Å²) in [4.78, 5) is 2.72. The molecule has 0 aromatic heterocycles. The third kappa shape index (κ3) is 2.29. The van der Waals surface area contributed by atoms with Crippen molar-refractivity contribution in [1.29, 1.82) is 0 Å². The Bertz CT molecular complexity index is 175. The zero-order valence-electron chi connectivity index (χ0n) is 9.63. The van der Waals surface area contributed by atoms with Crippen LogP contribution in [0.15, 0.2) is 0 Å². The Morgan fingerprint density at radius 1 is 1.43 bits per heavy atom. The maximum Gasteiger partial charge on any atom is 0.0195 e. The molecule has 2 heterocycles. The Balaban J connectivity index is 1.83. The van der Waals surface area contributed by atoms with Gasteiger partial charge in [0.25, 0.3) is 0 Å². The summed E-state index contributed by atoms with van der Waals surface area (Å²) in [5.74, 6) is 0.918. The summed E-state index contributed by atoms with van der Waals surface area (Å²) in [6, 6.07) is 1.65. The summed E-state index contributed by atoms with van der Waals surface area (Å²) in [7, 11) is 0. The largest absolute Gasteiger partial charge is 0.313 e. The molecule has 2 fully saturated rings. The first-order chi connectivity index (χ1) is 6.79. The van der Waals surface area contributed by atoms with Gasteiger partial charge in [-0.15, -0.1) is 0 Å². The van der Waals surface area contributed by atoms with Gasteiger partial charge in [0.05, 0.1) is 0 Å². The number of hydrogen-bond acceptors (Lipinski definition) is 2. The highest BCUT2D eigenvalue weighted by Gasteiger charge is 2.30. The molecule has 0 aromatic carbocycles. The predicted molar refractivity (Wildman–Crippen MR) is 60.5 cm³/mol. The molecule has 82 valence electrons. The van der Waals surface area contributed by atoms with Gasteiger partial charge in [0.15, 0.2) is 0 Å². The summed E-state index contributed by atoms with van der Waals surface area (Å²) in [6.07, 6.45) is 5.52. The van der Waals surface area contributed by atoms with Crippen LogP contribution in [0.3, 0.4) is 0 Å². The van der Waals surface area contributed by atoms with Crippen LogP contribution in [-0.2, 0) is 0 Å². The molecule has 2 unspecified atom stereocenters. The van der Waals surface area contributed by atoms with Gasteiger partial charge in [-0.1, -0.05) is 13.8 Å². The van der Waals surface area contributed by atoms with E-state index in [1.807, 2.05) is 0 Å². The van der Waals surface area contributed by atoms with Gasteiger partial charge in [-0.25, -0.2) is 0 Å². The first kappa shape index (κ1) is 10.4. The maximum absolute atomic E-state index is 3.60. The van der Waals surface area contributed by atoms with Crippen LogP contribution >= 0.6 is 0 Å². The van der Waals surface area contributed by atoms with E-state index in [2.05, 4.69) is 24.1 Å². The fraction of sp³-hybridized carbons (Fsp3) is 1.00. The molecule has 2 nitrogen and oxygen atoms in total. The Kier molecular flexibility index (Phi) is 3.45. The van der Waals surface area contributed by atoms with Gasteiger partial charge < -0.3 is 5.32 Å². The normalized spacial score (nSPS) is 39.4. The lowest BCUT2D eigenvalue weighted by atomic mass is 10.1. The molecular weight excluding hydrogens is 172 g/mol. The van der Waals surface area contributed by atoms with Crippen LogP contribution in [0.1, 0.15) is 39.5 Å². The molecule has 1 N–H and O–H groups in total. The van der Waals surface area contributed by atoms with Gasteiger partial charge in [-0.2, -0.15) is 0 Å². The zero-order valence-corrected chi connectivity index (χ0v) is 9.63. The third-order valence-electron chi connectivity index (χ3n) is 3.83. The van der Waals surface area contributed by atoms with Crippen LogP contribution < -0.4 is 5.32 Å². The van der Waals surface area contributed by atoms with E-state index in [1.54, 1.807) is 0 Å². The predicted octanol–water partition coefficient (Wildman–Crippen LogP) is 1.86. The van der Waals surface area contributed by atoms with Gasteiger partial charge in [0, 0.05) is 25.2 Å². The molecule has 0 radical (unpaired) electrons. The molecule has 2 aliphatic heterocycles. The molecule has 2 rings (SSSR count). The minimum absolute atomic E-state index is 0.786. The summed E-state index contributed by atoms with van der Waals surface area (Å²) in [5, 5.41) is 3.60. The van der Waals surface area contributed by atoms with Gasteiger partial charge >= 0.3 is 0 Å². The SMILES string of the molecule is CCC1CC(C)CN1C[C@@H]1CCCN1. The monoisotopic (exact) mass is 196 g/mol. The molecule has 2 saturated heterocycles. The molecule has 0 spiro atoms. The van der Waals surface area contributed by atoms with Crippen LogP contribution in [-0.4, -0.2) is 36.6 Å². The van der Waals surface area contributed by atoms with Crippen molar-refractivity contribution >= 4 is 0 Å². The first-order valence-corrected chi connectivity index (χ1v) is 6.27. The highest BCUT2D eigenvalue weighted by Crippen LogP contribution is 2.25. The van der Waals surface area contributed by atoms with E-state index in [1.165, 1.54) is 45.3 Å². The molecule has 3 atom stereocenters. The third-order valence-corrected chi connectivity index (χ3v) is 3.83. The average molecular weight is 196 g/mol. The molecule has 0 aliphatic carbocycles. The molecule has 0 amide bonds. The second-order valence-electron chi connectivity index (χ2n) is 5.15. The van der Waals surface area contributed by atoms with E-state index in [4.69, 9.17) is 0 Å². The lowest BCUT2D eigenvalue weighted by Gasteiger charge is -2.26. The Labute approximate surface area is 88.1 Å². The molecule has 0 saturated carbocycles. The van der Waals surface area contributed by atoms with Crippen LogP contribution in [0.5, 0.6) is 0 Å². The minimum Gasteiger partial charge on any atom is -0.313 e. The first-order valence-electron chi connectivity index (χ1n) is 6.27. The lowest BCUT2D eigenvalue weighted by Crippen LogP contribution is -2.40. The summed E-state index contributed by atoms with van der Waals surface area (Å²) >= 11 is 0. The number of rotatable bonds is 3. The highest BCUT2D eigenvalue weighted by atomic mass is 15.2. The average Bonchev–Trinajstić information content (AvgIpc) is 2.76. The smallest absolute Gasteiger partial charge is 0.0195 e. The molecule has 0 bridgehead atoms. The molecule has 14 heavy (non-hydrogen) atoms.